The van der Waals surface area contributed by atoms with Crippen molar-refractivity contribution in [1.29, 1.82) is 0 Å². The molecule has 0 aliphatic heterocycles. The number of carbonyl (C=O) groups excluding carboxylic acids is 2. The summed E-state index contributed by atoms with van der Waals surface area (Å²) in [4.78, 5) is 34.6. The minimum Gasteiger partial charge on any atom is -0.481 e. The van der Waals surface area contributed by atoms with Gasteiger partial charge in [0.25, 0.3) is 5.91 Å². The molecule has 1 amide bonds. The second-order valence-electron chi connectivity index (χ2n) is 5.93. The van der Waals surface area contributed by atoms with Crippen molar-refractivity contribution in [3.05, 3.63) is 71.3 Å². The Balaban J connectivity index is 2.07. The van der Waals surface area contributed by atoms with Gasteiger partial charge in [0.05, 0.1) is 0 Å². The largest absolute Gasteiger partial charge is 0.481 e. The van der Waals surface area contributed by atoms with Crippen LogP contribution in [0, 0.1) is 0 Å². The average Bonchev–Trinajstić information content (AvgIpc) is 2.60. The quantitative estimate of drug-likeness (QED) is 0.724. The molecule has 0 spiro atoms. The van der Waals surface area contributed by atoms with E-state index in [4.69, 9.17) is 5.11 Å². The normalized spacial score (nSPS) is 11.6. The van der Waals surface area contributed by atoms with Gasteiger partial charge in [0.1, 0.15) is 0 Å². The average molecular weight is 339 g/mol. The number of Topliss-reactive ketones (excluding diaryl/α,β-unsaturated/α-hetero) is 1. The van der Waals surface area contributed by atoms with Gasteiger partial charge in [0, 0.05) is 23.6 Å². The van der Waals surface area contributed by atoms with Crippen LogP contribution in [0.15, 0.2) is 54.6 Å². The lowest BCUT2D eigenvalue weighted by molar-refractivity contribution is -0.137. The minimum absolute atomic E-state index is 0.0128. The molecule has 0 saturated carbocycles. The Morgan fingerprint density at radius 2 is 1.56 bits per heavy atom. The van der Waals surface area contributed by atoms with Crippen LogP contribution in [0.2, 0.25) is 0 Å². The summed E-state index contributed by atoms with van der Waals surface area (Å²) in [7, 11) is 0. The van der Waals surface area contributed by atoms with Crippen molar-refractivity contribution >= 4 is 17.7 Å². The van der Waals surface area contributed by atoms with Crippen LogP contribution in [-0.4, -0.2) is 28.8 Å². The molecule has 2 aromatic carbocycles. The van der Waals surface area contributed by atoms with Gasteiger partial charge in [0.15, 0.2) is 5.78 Å². The van der Waals surface area contributed by atoms with Crippen LogP contribution >= 0.6 is 0 Å². The van der Waals surface area contributed by atoms with Crippen LogP contribution in [0.4, 0.5) is 0 Å². The van der Waals surface area contributed by atoms with Crippen LogP contribution in [0.1, 0.15) is 46.0 Å². The first-order chi connectivity index (χ1) is 12.0. The first-order valence-corrected chi connectivity index (χ1v) is 8.13. The molecular formula is C20H21NO4. The first-order valence-electron chi connectivity index (χ1n) is 8.13. The molecule has 1 atom stereocenters. The number of hydrogen-bond acceptors (Lipinski definition) is 3. The summed E-state index contributed by atoms with van der Waals surface area (Å²) in [5.74, 6) is -1.23. The maximum absolute atomic E-state index is 12.4. The zero-order valence-corrected chi connectivity index (χ0v) is 14.1. The highest BCUT2D eigenvalue weighted by molar-refractivity contribution is 5.97. The van der Waals surface area contributed by atoms with E-state index < -0.39 is 5.97 Å². The Kier molecular flexibility index (Phi) is 6.46. The van der Waals surface area contributed by atoms with Crippen LogP contribution in [0.5, 0.6) is 0 Å². The monoisotopic (exact) mass is 339 g/mol. The molecule has 0 aliphatic rings. The van der Waals surface area contributed by atoms with Crippen LogP contribution in [0.3, 0.4) is 0 Å². The number of benzene rings is 2. The van der Waals surface area contributed by atoms with Gasteiger partial charge in [-0.3, -0.25) is 14.4 Å². The van der Waals surface area contributed by atoms with E-state index in [-0.39, 0.29) is 24.2 Å². The topological polar surface area (TPSA) is 83.5 Å². The Morgan fingerprint density at radius 3 is 2.12 bits per heavy atom. The maximum atomic E-state index is 12.4. The van der Waals surface area contributed by atoms with E-state index in [1.165, 1.54) is 6.92 Å². The molecule has 0 aliphatic carbocycles. The van der Waals surface area contributed by atoms with Crippen molar-refractivity contribution in [3.63, 3.8) is 0 Å². The van der Waals surface area contributed by atoms with Gasteiger partial charge in [-0.15, -0.1) is 0 Å². The molecule has 0 aromatic heterocycles. The molecule has 0 saturated heterocycles. The van der Waals surface area contributed by atoms with E-state index >= 15 is 0 Å². The number of amides is 1. The smallest absolute Gasteiger partial charge is 0.303 e. The second-order valence-corrected chi connectivity index (χ2v) is 5.93. The molecular weight excluding hydrogens is 318 g/mol. The predicted octanol–water partition coefficient (Wildman–Crippen LogP) is 3.10. The summed E-state index contributed by atoms with van der Waals surface area (Å²) >= 11 is 0. The summed E-state index contributed by atoms with van der Waals surface area (Å²) in [6.45, 7) is 1.47. The van der Waals surface area contributed by atoms with Gasteiger partial charge in [-0.25, -0.2) is 0 Å². The molecule has 2 N–H and O–H groups in total. The van der Waals surface area contributed by atoms with Gasteiger partial charge in [-0.1, -0.05) is 42.5 Å². The van der Waals surface area contributed by atoms with Gasteiger partial charge in [0.2, 0.25) is 0 Å². The number of nitrogens with one attached hydrogen (secondary N) is 1. The molecule has 130 valence electrons. The molecule has 25 heavy (non-hydrogen) atoms. The third-order valence-corrected chi connectivity index (χ3v) is 3.92. The Morgan fingerprint density at radius 1 is 0.960 bits per heavy atom. The summed E-state index contributed by atoms with van der Waals surface area (Å²) < 4.78 is 0. The highest BCUT2D eigenvalue weighted by Gasteiger charge is 2.16. The molecule has 1 unspecified atom stereocenters. The van der Waals surface area contributed by atoms with E-state index in [9.17, 15) is 14.4 Å². The Hall–Kier alpha value is -2.95. The molecule has 2 rings (SSSR count). The van der Waals surface area contributed by atoms with Crippen molar-refractivity contribution in [2.45, 2.75) is 32.2 Å². The van der Waals surface area contributed by atoms with E-state index in [0.29, 0.717) is 24.0 Å². The number of rotatable bonds is 8. The van der Waals surface area contributed by atoms with Crippen LogP contribution in [0.25, 0.3) is 0 Å². The molecule has 0 radical (unpaired) electrons. The molecule has 5 heteroatoms. The summed E-state index contributed by atoms with van der Waals surface area (Å²) in [6.07, 6.45) is 0.897. The minimum atomic E-state index is -0.891. The highest BCUT2D eigenvalue weighted by atomic mass is 16.4. The van der Waals surface area contributed by atoms with E-state index in [0.717, 1.165) is 5.56 Å². The summed E-state index contributed by atoms with van der Waals surface area (Å²) in [5.41, 5.74) is 2.02. The Bertz CT molecular complexity index is 738. The van der Waals surface area contributed by atoms with Crippen molar-refractivity contribution in [2.75, 3.05) is 0 Å². The van der Waals surface area contributed by atoms with Crippen molar-refractivity contribution in [2.24, 2.45) is 0 Å². The number of carboxylic acids is 1. The highest BCUT2D eigenvalue weighted by Crippen LogP contribution is 2.10. The van der Waals surface area contributed by atoms with E-state index in [1.54, 1.807) is 24.3 Å². The predicted molar refractivity (Wildman–Crippen MR) is 94.7 cm³/mol. The number of carbonyl (C=O) groups is 3. The van der Waals surface area contributed by atoms with Crippen molar-refractivity contribution in [1.82, 2.24) is 5.32 Å². The zero-order valence-electron chi connectivity index (χ0n) is 14.1. The van der Waals surface area contributed by atoms with Gasteiger partial charge < -0.3 is 10.4 Å². The van der Waals surface area contributed by atoms with Gasteiger partial charge >= 0.3 is 5.97 Å². The van der Waals surface area contributed by atoms with E-state index in [2.05, 4.69) is 5.32 Å². The molecule has 0 bridgehead atoms. The van der Waals surface area contributed by atoms with Crippen molar-refractivity contribution in [3.8, 4) is 0 Å². The molecule has 2 aromatic rings. The Labute approximate surface area is 146 Å². The van der Waals surface area contributed by atoms with Gasteiger partial charge in [-0.05, 0) is 37.5 Å². The SMILES string of the molecule is CC(=O)c1ccc(C(=O)NC(CCC(=O)O)Cc2ccccc2)cc1. The zero-order chi connectivity index (χ0) is 18.2. The summed E-state index contributed by atoms with van der Waals surface area (Å²) in [6, 6.07) is 15.8. The van der Waals surface area contributed by atoms with Crippen LogP contribution in [-0.2, 0) is 11.2 Å². The van der Waals surface area contributed by atoms with Gasteiger partial charge in [-0.2, -0.15) is 0 Å². The standard InChI is InChI=1S/C20H21NO4/c1-14(22)16-7-9-17(10-8-16)20(25)21-18(11-12-19(23)24)13-15-5-3-2-4-6-15/h2-10,18H,11-13H2,1H3,(H,21,25)(H,23,24). The lowest BCUT2D eigenvalue weighted by Gasteiger charge is -2.18. The summed E-state index contributed by atoms with van der Waals surface area (Å²) in [5, 5.41) is 11.8. The third-order valence-electron chi connectivity index (χ3n) is 3.92. The fourth-order valence-electron chi connectivity index (χ4n) is 2.55. The fraction of sp³-hybridized carbons (Fsp3) is 0.250. The number of carboxylic acid groups (broad SMARTS) is 1. The maximum Gasteiger partial charge on any atom is 0.303 e. The van der Waals surface area contributed by atoms with Crippen LogP contribution < -0.4 is 5.32 Å². The first kappa shape index (κ1) is 18.4. The molecule has 0 heterocycles. The van der Waals surface area contributed by atoms with Crippen molar-refractivity contribution < 1.29 is 19.5 Å². The lowest BCUT2D eigenvalue weighted by atomic mass is 10.0. The number of hydrogen-bond donors (Lipinski definition) is 2. The second kappa shape index (κ2) is 8.78. The molecule has 5 nitrogen and oxygen atoms in total. The number of ketones is 1. The number of aliphatic carboxylic acids is 1. The fourth-order valence-corrected chi connectivity index (χ4v) is 2.55. The molecule has 0 fully saturated rings. The third kappa shape index (κ3) is 5.88. The van der Waals surface area contributed by atoms with E-state index in [1.807, 2.05) is 30.3 Å². The lowest BCUT2D eigenvalue weighted by Crippen LogP contribution is -2.37.